The second-order valence-electron chi connectivity index (χ2n) is 7.71. The number of aryl methyl sites for hydroxylation is 2. The fourth-order valence-corrected chi connectivity index (χ4v) is 6.14. The number of methoxy groups -OCH3 is 1. The lowest BCUT2D eigenvalue weighted by atomic mass is 9.97. The van der Waals surface area contributed by atoms with Crippen LogP contribution < -0.4 is 15.6 Å². The number of carbonyl (C=O) groups is 1. The highest BCUT2D eigenvalue weighted by Crippen LogP contribution is 2.34. The number of nitrogens with zero attached hydrogens (tertiary/aromatic N) is 2. The molecule has 4 rings (SSSR count). The van der Waals surface area contributed by atoms with Crippen LogP contribution in [-0.2, 0) is 30.7 Å². The van der Waals surface area contributed by atoms with E-state index in [9.17, 15) is 9.59 Å². The Bertz CT molecular complexity index is 1180. The van der Waals surface area contributed by atoms with Crippen LogP contribution in [0.5, 0.6) is 5.75 Å². The van der Waals surface area contributed by atoms with Crippen molar-refractivity contribution in [1.82, 2.24) is 14.9 Å². The van der Waals surface area contributed by atoms with Crippen molar-refractivity contribution in [2.75, 3.05) is 12.9 Å². The number of nitrogens with one attached hydrogen (secondary N) is 1. The van der Waals surface area contributed by atoms with Crippen LogP contribution in [0.4, 0.5) is 0 Å². The van der Waals surface area contributed by atoms with Crippen LogP contribution in [0.1, 0.15) is 35.3 Å². The van der Waals surface area contributed by atoms with Gasteiger partial charge in [-0.2, -0.15) is 0 Å². The highest BCUT2D eigenvalue weighted by molar-refractivity contribution is 7.99. The van der Waals surface area contributed by atoms with E-state index in [2.05, 4.69) is 11.9 Å². The van der Waals surface area contributed by atoms with Gasteiger partial charge in [-0.05, 0) is 48.9 Å². The first-order valence-electron chi connectivity index (χ1n) is 10.8. The van der Waals surface area contributed by atoms with E-state index in [4.69, 9.17) is 9.72 Å². The molecule has 1 amide bonds. The van der Waals surface area contributed by atoms with Crippen LogP contribution in [0, 0.1) is 0 Å². The maximum absolute atomic E-state index is 13.3. The average Bonchev–Trinajstić information content (AvgIpc) is 3.19. The van der Waals surface area contributed by atoms with Gasteiger partial charge in [0.15, 0.2) is 5.16 Å². The molecule has 0 fully saturated rings. The summed E-state index contributed by atoms with van der Waals surface area (Å²) in [6.07, 6.45) is 6.37. The number of aromatic nitrogens is 2. The van der Waals surface area contributed by atoms with E-state index in [-0.39, 0.29) is 11.5 Å². The summed E-state index contributed by atoms with van der Waals surface area (Å²) in [7, 11) is 1.63. The van der Waals surface area contributed by atoms with E-state index in [1.54, 1.807) is 29.1 Å². The Kier molecular flexibility index (Phi) is 7.32. The summed E-state index contributed by atoms with van der Waals surface area (Å²) < 4.78 is 6.84. The molecule has 1 N–H and O–H groups in total. The van der Waals surface area contributed by atoms with Crippen LogP contribution in [-0.4, -0.2) is 28.3 Å². The van der Waals surface area contributed by atoms with Gasteiger partial charge >= 0.3 is 0 Å². The van der Waals surface area contributed by atoms with E-state index < -0.39 is 0 Å². The van der Waals surface area contributed by atoms with Crippen LogP contribution in [0.15, 0.2) is 46.9 Å². The van der Waals surface area contributed by atoms with E-state index in [0.717, 1.165) is 40.8 Å². The Labute approximate surface area is 195 Å². The fourth-order valence-electron chi connectivity index (χ4n) is 3.89. The maximum Gasteiger partial charge on any atom is 0.263 e. The zero-order valence-electron chi connectivity index (χ0n) is 18.2. The molecule has 1 aliphatic rings. The second kappa shape index (κ2) is 10.4. The minimum absolute atomic E-state index is 0.0146. The molecule has 0 aliphatic heterocycles. The summed E-state index contributed by atoms with van der Waals surface area (Å²) >= 11 is 3.10. The maximum atomic E-state index is 13.3. The van der Waals surface area contributed by atoms with Crippen LogP contribution in [0.3, 0.4) is 0 Å². The number of thiophene rings is 1. The van der Waals surface area contributed by atoms with E-state index in [1.807, 2.05) is 24.3 Å². The molecule has 1 aromatic carbocycles. The molecule has 6 nitrogen and oxygen atoms in total. The van der Waals surface area contributed by atoms with Gasteiger partial charge in [-0.3, -0.25) is 14.2 Å². The Balaban J connectivity index is 1.41. The SMILES string of the molecule is C=CCn1c(SCCC(=O)NCc2ccc(OC)cc2)nc2sc3c(c2c1=O)CCCC3. The number of carbonyl (C=O) groups excluding carboxylic acids is 1. The van der Waals surface area contributed by atoms with Crippen molar-refractivity contribution in [1.29, 1.82) is 0 Å². The van der Waals surface area contributed by atoms with Crippen LogP contribution in [0.2, 0.25) is 0 Å². The molecule has 0 saturated carbocycles. The third-order valence-corrected chi connectivity index (χ3v) is 7.72. The third kappa shape index (κ3) is 4.91. The lowest BCUT2D eigenvalue weighted by molar-refractivity contribution is -0.120. The number of thioether (sulfide) groups is 1. The van der Waals surface area contributed by atoms with Gasteiger partial charge in [-0.15, -0.1) is 17.9 Å². The van der Waals surface area contributed by atoms with Crippen LogP contribution in [0.25, 0.3) is 10.2 Å². The van der Waals surface area contributed by atoms with Crippen molar-refractivity contribution in [2.45, 2.75) is 50.4 Å². The third-order valence-electron chi connectivity index (χ3n) is 5.56. The lowest BCUT2D eigenvalue weighted by Gasteiger charge is -2.12. The van der Waals surface area contributed by atoms with Crippen molar-refractivity contribution in [2.24, 2.45) is 0 Å². The van der Waals surface area contributed by atoms with Crippen molar-refractivity contribution in [3.8, 4) is 5.75 Å². The molecule has 0 bridgehead atoms. The normalized spacial score (nSPS) is 13.0. The Morgan fingerprint density at radius 1 is 1.31 bits per heavy atom. The monoisotopic (exact) mass is 469 g/mol. The van der Waals surface area contributed by atoms with Crippen molar-refractivity contribution >= 4 is 39.2 Å². The molecule has 0 saturated heterocycles. The molecular weight excluding hydrogens is 442 g/mol. The predicted octanol–water partition coefficient (Wildman–Crippen LogP) is 4.33. The fraction of sp³-hybridized carbons (Fsp3) is 0.375. The molecule has 32 heavy (non-hydrogen) atoms. The van der Waals surface area contributed by atoms with Gasteiger partial charge in [0.25, 0.3) is 5.56 Å². The number of benzene rings is 1. The Morgan fingerprint density at radius 3 is 2.84 bits per heavy atom. The molecular formula is C24H27N3O3S2. The largest absolute Gasteiger partial charge is 0.497 e. The van der Waals surface area contributed by atoms with Crippen molar-refractivity contribution < 1.29 is 9.53 Å². The molecule has 0 spiro atoms. The van der Waals surface area contributed by atoms with Gasteiger partial charge in [-0.25, -0.2) is 4.98 Å². The Morgan fingerprint density at radius 2 is 2.09 bits per heavy atom. The van der Waals surface area contributed by atoms with Gasteiger partial charge < -0.3 is 10.1 Å². The van der Waals surface area contributed by atoms with Crippen molar-refractivity contribution in [3.05, 3.63) is 63.3 Å². The van der Waals surface area contributed by atoms with Gasteiger partial charge in [0.1, 0.15) is 10.6 Å². The van der Waals surface area contributed by atoms with Crippen LogP contribution >= 0.6 is 23.1 Å². The summed E-state index contributed by atoms with van der Waals surface area (Å²) in [4.78, 5) is 32.5. The number of hydrogen-bond acceptors (Lipinski definition) is 6. The summed E-state index contributed by atoms with van der Waals surface area (Å²) in [5.41, 5.74) is 2.22. The zero-order valence-corrected chi connectivity index (χ0v) is 19.8. The highest BCUT2D eigenvalue weighted by Gasteiger charge is 2.22. The van der Waals surface area contributed by atoms with E-state index >= 15 is 0 Å². The van der Waals surface area contributed by atoms with E-state index in [1.165, 1.54) is 28.6 Å². The number of allylic oxidation sites excluding steroid dienone is 1. The number of hydrogen-bond donors (Lipinski definition) is 1. The summed E-state index contributed by atoms with van der Waals surface area (Å²) in [6, 6.07) is 7.62. The molecule has 168 valence electrons. The summed E-state index contributed by atoms with van der Waals surface area (Å²) in [5, 5.41) is 4.38. The standard InChI is InChI=1S/C24H27N3O3S2/c1-3-13-27-23(29)21-18-6-4-5-7-19(18)32-22(21)26-24(27)31-14-12-20(28)25-15-16-8-10-17(30-2)11-9-16/h3,8-11H,1,4-7,12-15H2,2H3,(H,25,28). The molecule has 2 aromatic heterocycles. The van der Waals surface area contributed by atoms with Gasteiger partial charge in [-0.1, -0.05) is 30.0 Å². The van der Waals surface area contributed by atoms with Gasteiger partial charge in [0, 0.05) is 30.1 Å². The lowest BCUT2D eigenvalue weighted by Crippen LogP contribution is -2.24. The topological polar surface area (TPSA) is 73.2 Å². The number of rotatable bonds is 9. The molecule has 3 aromatic rings. The second-order valence-corrected chi connectivity index (χ2v) is 9.86. The first kappa shape index (κ1) is 22.6. The number of amides is 1. The first-order chi connectivity index (χ1) is 15.6. The minimum atomic E-state index is -0.0291. The summed E-state index contributed by atoms with van der Waals surface area (Å²) in [5.74, 6) is 1.31. The van der Waals surface area contributed by atoms with Gasteiger partial charge in [0.05, 0.1) is 12.5 Å². The molecule has 0 unspecified atom stereocenters. The average molecular weight is 470 g/mol. The molecule has 2 heterocycles. The molecule has 8 heteroatoms. The number of fused-ring (bicyclic) bond motifs is 3. The van der Waals surface area contributed by atoms with Crippen molar-refractivity contribution in [3.63, 3.8) is 0 Å². The predicted molar refractivity (Wildman–Crippen MR) is 131 cm³/mol. The van der Waals surface area contributed by atoms with E-state index in [0.29, 0.717) is 30.4 Å². The first-order valence-corrected chi connectivity index (χ1v) is 12.6. The highest BCUT2D eigenvalue weighted by atomic mass is 32.2. The quantitative estimate of drug-likeness (QED) is 0.287. The minimum Gasteiger partial charge on any atom is -0.497 e. The molecule has 1 aliphatic carbocycles. The summed E-state index contributed by atoms with van der Waals surface area (Å²) in [6.45, 7) is 4.69. The zero-order chi connectivity index (χ0) is 22.5. The smallest absolute Gasteiger partial charge is 0.263 e. The molecule has 0 atom stereocenters. The molecule has 0 radical (unpaired) electrons. The van der Waals surface area contributed by atoms with Gasteiger partial charge in [0.2, 0.25) is 5.91 Å². The Hall–Kier alpha value is -2.58. The number of ether oxygens (including phenoxy) is 1.